The number of hydroxylamine groups is 2. The van der Waals surface area contributed by atoms with Crippen LogP contribution in [0.4, 0.5) is 0 Å². The van der Waals surface area contributed by atoms with E-state index in [9.17, 15) is 19.2 Å². The van der Waals surface area contributed by atoms with Gasteiger partial charge in [-0.25, -0.2) is 4.79 Å². The molecular formula is C30H53N3O14. The Morgan fingerprint density at radius 3 is 1.32 bits per heavy atom. The average Bonchev–Trinajstić information content (AvgIpc) is 3.39. The Hall–Kier alpha value is -2.32. The van der Waals surface area contributed by atoms with Crippen LogP contribution in [-0.4, -0.2) is 189 Å². The van der Waals surface area contributed by atoms with Gasteiger partial charge in [0, 0.05) is 52.1 Å². The molecule has 3 fully saturated rings. The largest absolute Gasteiger partial charge is 0.481 e. The molecule has 0 saturated carbocycles. The molecule has 17 nitrogen and oxygen atoms in total. The molecule has 2 amide bonds. The van der Waals surface area contributed by atoms with Crippen molar-refractivity contribution in [2.45, 2.75) is 25.7 Å². The number of morpholine rings is 2. The van der Waals surface area contributed by atoms with Crippen LogP contribution in [0.5, 0.6) is 0 Å². The highest BCUT2D eigenvalue weighted by atomic mass is 16.7. The number of carbonyl (C=O) groups is 4. The molecule has 3 aliphatic heterocycles. The fraction of sp³-hybridized carbons (Fsp3) is 0.867. The monoisotopic (exact) mass is 679 g/mol. The first-order valence-electron chi connectivity index (χ1n) is 16.3. The summed E-state index contributed by atoms with van der Waals surface area (Å²) in [5, 5.41) is 8.92. The lowest BCUT2D eigenvalue weighted by Gasteiger charge is -2.26. The molecule has 0 aromatic heterocycles. The predicted octanol–water partition coefficient (Wildman–Crippen LogP) is -0.791. The van der Waals surface area contributed by atoms with Gasteiger partial charge in [0.15, 0.2) is 0 Å². The fourth-order valence-electron chi connectivity index (χ4n) is 4.24. The SMILES string of the molecule is O=C(CCOCCOCCOCCN1CCOCC1)ON1C(=O)CCC1=O.O=C(O)CCOCCOCCOCCN1CCOCC1. The summed E-state index contributed by atoms with van der Waals surface area (Å²) in [5.41, 5.74) is 0. The molecule has 0 aliphatic carbocycles. The molecule has 17 heteroatoms. The molecule has 0 aromatic rings. The normalized spacial score (nSPS) is 17.5. The van der Waals surface area contributed by atoms with Crippen molar-refractivity contribution in [3.8, 4) is 0 Å². The number of ether oxygens (including phenoxy) is 8. The summed E-state index contributed by atoms with van der Waals surface area (Å²) >= 11 is 0. The second-order valence-electron chi connectivity index (χ2n) is 10.5. The van der Waals surface area contributed by atoms with Crippen molar-refractivity contribution in [3.63, 3.8) is 0 Å². The van der Waals surface area contributed by atoms with Crippen LogP contribution in [0.2, 0.25) is 0 Å². The fourth-order valence-corrected chi connectivity index (χ4v) is 4.24. The lowest BCUT2D eigenvalue weighted by Crippen LogP contribution is -2.38. The van der Waals surface area contributed by atoms with Crippen molar-refractivity contribution in [1.82, 2.24) is 14.9 Å². The maximum atomic E-state index is 11.5. The Balaban J connectivity index is 0.000000343. The van der Waals surface area contributed by atoms with Gasteiger partial charge >= 0.3 is 11.9 Å². The topological polar surface area (TPSA) is 181 Å². The molecule has 1 N–H and O–H groups in total. The average molecular weight is 680 g/mol. The van der Waals surface area contributed by atoms with Crippen molar-refractivity contribution in [1.29, 1.82) is 0 Å². The summed E-state index contributed by atoms with van der Waals surface area (Å²) in [5.74, 6) is -2.50. The Kier molecular flexibility index (Phi) is 24.0. The summed E-state index contributed by atoms with van der Waals surface area (Å²) in [6.45, 7) is 14.4. The lowest BCUT2D eigenvalue weighted by atomic mass is 10.4. The van der Waals surface area contributed by atoms with Crippen LogP contribution in [0.25, 0.3) is 0 Å². The number of carbonyl (C=O) groups excluding carboxylic acids is 3. The maximum absolute atomic E-state index is 11.5. The van der Waals surface area contributed by atoms with Gasteiger partial charge in [-0.15, -0.1) is 5.06 Å². The molecule has 0 bridgehead atoms. The molecule has 3 rings (SSSR count). The molecular weight excluding hydrogens is 626 g/mol. The van der Waals surface area contributed by atoms with Crippen LogP contribution >= 0.6 is 0 Å². The number of carboxylic acid groups (broad SMARTS) is 1. The van der Waals surface area contributed by atoms with Gasteiger partial charge in [-0.05, 0) is 0 Å². The van der Waals surface area contributed by atoms with E-state index in [2.05, 4.69) is 9.80 Å². The molecule has 3 saturated heterocycles. The highest BCUT2D eigenvalue weighted by molar-refractivity contribution is 6.01. The zero-order valence-electron chi connectivity index (χ0n) is 27.5. The van der Waals surface area contributed by atoms with E-state index in [0.717, 1.165) is 65.7 Å². The van der Waals surface area contributed by atoms with Crippen molar-refractivity contribution in [2.24, 2.45) is 0 Å². The van der Waals surface area contributed by atoms with Crippen molar-refractivity contribution >= 4 is 23.8 Å². The molecule has 0 atom stereocenters. The third-order valence-electron chi connectivity index (χ3n) is 6.91. The molecule has 0 aromatic carbocycles. The van der Waals surface area contributed by atoms with E-state index < -0.39 is 23.8 Å². The Bertz CT molecular complexity index is 840. The number of carboxylic acids is 1. The van der Waals surface area contributed by atoms with Gasteiger partial charge in [-0.1, -0.05) is 0 Å². The van der Waals surface area contributed by atoms with Crippen LogP contribution in [0.15, 0.2) is 0 Å². The van der Waals surface area contributed by atoms with Gasteiger partial charge < -0.3 is 47.8 Å². The number of amides is 2. The van der Waals surface area contributed by atoms with E-state index in [-0.39, 0.29) is 38.9 Å². The Morgan fingerprint density at radius 2 is 0.915 bits per heavy atom. The molecule has 0 spiro atoms. The van der Waals surface area contributed by atoms with Gasteiger partial charge in [-0.3, -0.25) is 24.2 Å². The van der Waals surface area contributed by atoms with E-state index in [1.165, 1.54) is 0 Å². The second kappa shape index (κ2) is 27.6. The molecule has 3 heterocycles. The minimum atomic E-state index is -0.848. The first-order chi connectivity index (χ1) is 23.0. The Labute approximate surface area is 276 Å². The smallest absolute Gasteiger partial charge is 0.335 e. The first kappa shape index (κ1) is 40.9. The quantitative estimate of drug-likeness (QED) is 0.0935. The number of imide groups is 1. The van der Waals surface area contributed by atoms with E-state index >= 15 is 0 Å². The van der Waals surface area contributed by atoms with E-state index in [1.807, 2.05) is 0 Å². The van der Waals surface area contributed by atoms with Gasteiger partial charge in [-0.2, -0.15) is 0 Å². The van der Waals surface area contributed by atoms with Gasteiger partial charge in [0.2, 0.25) is 0 Å². The van der Waals surface area contributed by atoms with Crippen molar-refractivity contribution in [2.75, 3.05) is 145 Å². The van der Waals surface area contributed by atoms with Crippen molar-refractivity contribution < 1.29 is 67.0 Å². The number of rotatable bonds is 25. The van der Waals surface area contributed by atoms with E-state index in [1.54, 1.807) is 0 Å². The third-order valence-corrected chi connectivity index (χ3v) is 6.91. The zero-order valence-corrected chi connectivity index (χ0v) is 27.5. The number of nitrogens with zero attached hydrogens (tertiary/aromatic N) is 3. The first-order valence-corrected chi connectivity index (χ1v) is 16.3. The number of hydrogen-bond acceptors (Lipinski definition) is 15. The van der Waals surface area contributed by atoms with E-state index in [0.29, 0.717) is 71.1 Å². The second-order valence-corrected chi connectivity index (χ2v) is 10.5. The van der Waals surface area contributed by atoms with Gasteiger partial charge in [0.1, 0.15) is 0 Å². The summed E-state index contributed by atoms with van der Waals surface area (Å²) in [4.78, 5) is 53.7. The molecule has 3 aliphatic rings. The van der Waals surface area contributed by atoms with Gasteiger partial charge in [0.25, 0.3) is 11.8 Å². The van der Waals surface area contributed by atoms with Crippen LogP contribution < -0.4 is 0 Å². The molecule has 0 radical (unpaired) electrons. The molecule has 47 heavy (non-hydrogen) atoms. The Morgan fingerprint density at radius 1 is 0.553 bits per heavy atom. The minimum Gasteiger partial charge on any atom is -0.481 e. The third kappa shape index (κ3) is 22.0. The number of aliphatic carboxylic acids is 1. The van der Waals surface area contributed by atoms with E-state index in [4.69, 9.17) is 47.8 Å². The van der Waals surface area contributed by atoms with Gasteiger partial charge in [0.05, 0.1) is 119 Å². The van der Waals surface area contributed by atoms with Crippen molar-refractivity contribution in [3.05, 3.63) is 0 Å². The van der Waals surface area contributed by atoms with Crippen LogP contribution in [-0.2, 0) is 61.9 Å². The molecule has 0 unspecified atom stereocenters. The van der Waals surface area contributed by atoms with Crippen LogP contribution in [0.1, 0.15) is 25.7 Å². The predicted molar refractivity (Wildman–Crippen MR) is 163 cm³/mol. The zero-order chi connectivity index (χ0) is 33.8. The number of hydrogen-bond donors (Lipinski definition) is 1. The summed E-state index contributed by atoms with van der Waals surface area (Å²) in [6.07, 6.45) is 0.153. The standard InChI is InChI=1S/C17H28N2O8.C13H25NO6/c20-15-1-2-16(21)19(15)27-17(22)3-7-23-11-13-26-14-12-25-10-6-18-4-8-24-9-5-18;15-13(16)1-5-17-9-11-20-12-10-19-8-4-14-2-6-18-7-3-14/h1-14H2;1-12H2,(H,15,16). The maximum Gasteiger partial charge on any atom is 0.335 e. The summed E-state index contributed by atoms with van der Waals surface area (Å²) in [6, 6.07) is 0. The van der Waals surface area contributed by atoms with Crippen LogP contribution in [0, 0.1) is 0 Å². The highest BCUT2D eigenvalue weighted by Crippen LogP contribution is 2.12. The van der Waals surface area contributed by atoms with Crippen LogP contribution in [0.3, 0.4) is 0 Å². The highest BCUT2D eigenvalue weighted by Gasteiger charge is 2.32. The summed E-state index contributed by atoms with van der Waals surface area (Å²) < 4.78 is 42.5. The minimum absolute atomic E-state index is 0.0324. The lowest BCUT2D eigenvalue weighted by molar-refractivity contribution is -0.198. The summed E-state index contributed by atoms with van der Waals surface area (Å²) in [7, 11) is 0. The molecule has 272 valence electrons.